The third kappa shape index (κ3) is 4.08. The number of furan rings is 1. The van der Waals surface area contributed by atoms with Crippen molar-refractivity contribution in [1.82, 2.24) is 4.98 Å². The van der Waals surface area contributed by atoms with E-state index in [0.717, 1.165) is 49.4 Å². The van der Waals surface area contributed by atoms with E-state index in [4.69, 9.17) is 15.9 Å². The number of fused-ring (bicyclic) bond motifs is 1. The lowest BCUT2D eigenvalue weighted by Crippen LogP contribution is -2.31. The summed E-state index contributed by atoms with van der Waals surface area (Å²) in [5, 5.41) is 2.74. The van der Waals surface area contributed by atoms with Crippen LogP contribution >= 0.6 is 11.3 Å². The summed E-state index contributed by atoms with van der Waals surface area (Å²) < 4.78 is 45.7. The van der Waals surface area contributed by atoms with E-state index in [1.807, 2.05) is 11.4 Å². The van der Waals surface area contributed by atoms with Gasteiger partial charge in [0.25, 0.3) is 0 Å². The van der Waals surface area contributed by atoms with Gasteiger partial charge in [-0.1, -0.05) is 18.2 Å². The summed E-state index contributed by atoms with van der Waals surface area (Å²) in [4.78, 5) is 17.5. The van der Waals surface area contributed by atoms with Gasteiger partial charge in [0, 0.05) is 33.0 Å². The topological polar surface area (TPSA) is 98.4 Å². The van der Waals surface area contributed by atoms with Crippen molar-refractivity contribution in [1.29, 1.82) is 0 Å². The van der Waals surface area contributed by atoms with Gasteiger partial charge in [0.05, 0.1) is 29.5 Å². The van der Waals surface area contributed by atoms with Crippen LogP contribution in [0.2, 0.25) is 0 Å². The summed E-state index contributed by atoms with van der Waals surface area (Å²) in [6.07, 6.45) is 0.366. The molecule has 10 heteroatoms. The second kappa shape index (κ2) is 8.48. The van der Waals surface area contributed by atoms with E-state index in [2.05, 4.69) is 4.98 Å². The minimum atomic E-state index is -4.55. The van der Waals surface area contributed by atoms with E-state index in [1.54, 1.807) is 43.0 Å². The molecule has 0 saturated carbocycles. The van der Waals surface area contributed by atoms with Crippen molar-refractivity contribution in [3.8, 4) is 22.3 Å². The van der Waals surface area contributed by atoms with E-state index in [0.29, 0.717) is 11.5 Å². The van der Waals surface area contributed by atoms with E-state index in [-0.39, 0.29) is 5.69 Å². The second-order valence-corrected chi connectivity index (χ2v) is 8.57. The maximum atomic E-state index is 13.2. The molecule has 0 radical (unpaired) electrons. The molecule has 35 heavy (non-hydrogen) atoms. The highest BCUT2D eigenvalue weighted by Crippen LogP contribution is 2.42. The number of nitrogen functional groups attached to an aromatic ring is 1. The maximum absolute atomic E-state index is 13.2. The van der Waals surface area contributed by atoms with Crippen LogP contribution in [0.5, 0.6) is 0 Å². The molecule has 0 bridgehead atoms. The molecule has 0 spiro atoms. The van der Waals surface area contributed by atoms with Crippen LogP contribution in [-0.4, -0.2) is 11.0 Å². The summed E-state index contributed by atoms with van der Waals surface area (Å²) in [7, 11) is 0. The average molecular weight is 494 g/mol. The Morgan fingerprint density at radius 3 is 2.43 bits per heavy atom. The minimum Gasteiger partial charge on any atom is -0.472 e. The first-order valence-corrected chi connectivity index (χ1v) is 11.2. The van der Waals surface area contributed by atoms with Gasteiger partial charge >= 0.3 is 12.2 Å². The second-order valence-electron chi connectivity index (χ2n) is 7.69. The molecule has 0 aliphatic carbocycles. The Morgan fingerprint density at radius 1 is 1.00 bits per heavy atom. The smallest absolute Gasteiger partial charge is 0.416 e. The molecule has 0 atom stereocenters. The predicted molar refractivity (Wildman–Crippen MR) is 130 cm³/mol. The number of hydrogen-bond donors (Lipinski definition) is 2. The highest BCUT2D eigenvalue weighted by Gasteiger charge is 2.31. The number of nitrogens with two attached hydrogens (primary N) is 2. The predicted octanol–water partition coefficient (Wildman–Crippen LogP) is 7.04. The Hall–Kier alpha value is -4.31. The SMILES string of the molecule is NC(=O)N(c1ccc(-c2csc3c(-c4ccoc4)cnc(N)c23)cc1)c1cccc(C(F)(F)F)c1. The molecule has 3 aromatic heterocycles. The molecule has 2 amide bonds. The van der Waals surface area contributed by atoms with Gasteiger partial charge in [0.2, 0.25) is 0 Å². The van der Waals surface area contributed by atoms with Gasteiger partial charge in [0.1, 0.15) is 5.82 Å². The first-order valence-electron chi connectivity index (χ1n) is 10.3. The Balaban J connectivity index is 1.55. The quantitative estimate of drug-likeness (QED) is 0.280. The number of carbonyl (C=O) groups is 1. The Labute approximate surface area is 201 Å². The van der Waals surface area contributed by atoms with E-state index < -0.39 is 17.8 Å². The van der Waals surface area contributed by atoms with Crippen LogP contribution < -0.4 is 16.4 Å². The molecule has 5 rings (SSSR count). The van der Waals surface area contributed by atoms with Gasteiger partial charge in [0.15, 0.2) is 0 Å². The van der Waals surface area contributed by atoms with Crippen molar-refractivity contribution in [2.45, 2.75) is 6.18 Å². The molecule has 176 valence electrons. The lowest BCUT2D eigenvalue weighted by molar-refractivity contribution is -0.137. The molecule has 0 aliphatic heterocycles. The fourth-order valence-corrected chi connectivity index (χ4v) is 5.04. The summed E-state index contributed by atoms with van der Waals surface area (Å²) in [5.74, 6) is 0.371. The molecule has 2 aromatic carbocycles. The largest absolute Gasteiger partial charge is 0.472 e. The number of nitrogens with zero attached hydrogens (tertiary/aromatic N) is 2. The fourth-order valence-electron chi connectivity index (χ4n) is 3.92. The number of alkyl halides is 3. The number of carbonyl (C=O) groups excluding carboxylic acids is 1. The molecular formula is C25H17F3N4O2S. The average Bonchev–Trinajstić information content (AvgIpc) is 3.51. The van der Waals surface area contributed by atoms with Crippen LogP contribution in [-0.2, 0) is 6.18 Å². The Bertz CT molecular complexity index is 1530. The zero-order valence-electron chi connectivity index (χ0n) is 17.9. The van der Waals surface area contributed by atoms with Crippen LogP contribution in [0.15, 0.2) is 83.1 Å². The first kappa shape index (κ1) is 22.5. The van der Waals surface area contributed by atoms with E-state index in [9.17, 15) is 18.0 Å². The molecule has 0 fully saturated rings. The monoisotopic (exact) mass is 494 g/mol. The van der Waals surface area contributed by atoms with E-state index in [1.165, 1.54) is 23.5 Å². The third-order valence-electron chi connectivity index (χ3n) is 5.55. The van der Waals surface area contributed by atoms with Crippen LogP contribution in [0.1, 0.15) is 5.56 Å². The maximum Gasteiger partial charge on any atom is 0.416 e. The molecule has 3 heterocycles. The van der Waals surface area contributed by atoms with Crippen LogP contribution in [0.4, 0.5) is 35.2 Å². The third-order valence-corrected chi connectivity index (χ3v) is 6.56. The van der Waals surface area contributed by atoms with Crippen molar-refractivity contribution in [3.63, 3.8) is 0 Å². The number of aromatic nitrogens is 1. The highest BCUT2D eigenvalue weighted by atomic mass is 32.1. The first-order chi connectivity index (χ1) is 16.7. The molecule has 0 aliphatic rings. The lowest BCUT2D eigenvalue weighted by Gasteiger charge is -2.22. The lowest BCUT2D eigenvalue weighted by atomic mass is 10.0. The van der Waals surface area contributed by atoms with E-state index >= 15 is 0 Å². The number of thiophene rings is 1. The van der Waals surface area contributed by atoms with Gasteiger partial charge < -0.3 is 15.9 Å². The summed E-state index contributed by atoms with van der Waals surface area (Å²) in [5.41, 5.74) is 14.6. The standard InChI is InChI=1S/C25H17F3N4O2S/c26-25(27,28)16-2-1-3-18(10-16)32(24(30)33)17-6-4-14(5-7-17)20-13-35-22-19(15-8-9-34-12-15)11-31-23(29)21(20)22/h1-13H,(H2,29,31)(H2,30,33). The molecule has 4 N–H and O–H groups in total. The molecule has 0 unspecified atom stereocenters. The number of anilines is 3. The number of primary amides is 1. The molecule has 0 saturated heterocycles. The number of hydrogen-bond acceptors (Lipinski definition) is 5. The van der Waals surface area contributed by atoms with Crippen molar-refractivity contribution < 1.29 is 22.4 Å². The van der Waals surface area contributed by atoms with Crippen molar-refractivity contribution in [3.05, 3.63) is 84.3 Å². The summed E-state index contributed by atoms with van der Waals surface area (Å²) in [6, 6.07) is 12.1. The van der Waals surface area contributed by atoms with Crippen LogP contribution in [0, 0.1) is 0 Å². The van der Waals surface area contributed by atoms with Gasteiger partial charge in [-0.05, 0) is 47.3 Å². The molecule has 6 nitrogen and oxygen atoms in total. The zero-order valence-corrected chi connectivity index (χ0v) is 18.7. The Kier molecular flexibility index (Phi) is 5.45. The van der Waals surface area contributed by atoms with Crippen molar-refractivity contribution in [2.75, 3.05) is 10.6 Å². The van der Waals surface area contributed by atoms with Crippen LogP contribution in [0.3, 0.4) is 0 Å². The number of urea groups is 1. The number of amides is 2. The summed E-state index contributed by atoms with van der Waals surface area (Å²) >= 11 is 1.51. The highest BCUT2D eigenvalue weighted by molar-refractivity contribution is 7.18. The Morgan fingerprint density at radius 2 is 1.77 bits per heavy atom. The van der Waals surface area contributed by atoms with Crippen molar-refractivity contribution in [2.24, 2.45) is 5.73 Å². The molecular weight excluding hydrogens is 477 g/mol. The van der Waals surface area contributed by atoms with Gasteiger partial charge in [-0.2, -0.15) is 13.2 Å². The number of benzene rings is 2. The molecule has 5 aromatic rings. The summed E-state index contributed by atoms with van der Waals surface area (Å²) in [6.45, 7) is 0. The van der Waals surface area contributed by atoms with Crippen LogP contribution in [0.25, 0.3) is 32.3 Å². The number of pyridine rings is 1. The van der Waals surface area contributed by atoms with Crippen molar-refractivity contribution >= 4 is 44.6 Å². The normalized spacial score (nSPS) is 11.6. The zero-order chi connectivity index (χ0) is 24.7. The van der Waals surface area contributed by atoms with Gasteiger partial charge in [-0.3, -0.25) is 4.90 Å². The number of halogens is 3. The van der Waals surface area contributed by atoms with Gasteiger partial charge in [-0.15, -0.1) is 11.3 Å². The van der Waals surface area contributed by atoms with Gasteiger partial charge in [-0.25, -0.2) is 9.78 Å². The number of rotatable bonds is 4. The minimum absolute atomic E-state index is 0.0132. The fraction of sp³-hybridized carbons (Fsp3) is 0.0400.